The van der Waals surface area contributed by atoms with Crippen LogP contribution in [0.5, 0.6) is 5.75 Å². The van der Waals surface area contributed by atoms with Crippen LogP contribution < -0.4 is 5.32 Å². The van der Waals surface area contributed by atoms with Gasteiger partial charge in [0, 0.05) is 23.8 Å². The van der Waals surface area contributed by atoms with Gasteiger partial charge in [-0.3, -0.25) is 4.98 Å². The first kappa shape index (κ1) is 30.0. The molecule has 2 N–H and O–H groups in total. The van der Waals surface area contributed by atoms with Gasteiger partial charge in [-0.1, -0.05) is 65.5 Å². The third-order valence-electron chi connectivity index (χ3n) is 12.8. The summed E-state index contributed by atoms with van der Waals surface area (Å²) >= 11 is 0. The van der Waals surface area contributed by atoms with Gasteiger partial charge in [0.15, 0.2) is 0 Å². The number of phenols is 1. The van der Waals surface area contributed by atoms with Gasteiger partial charge in [-0.15, -0.1) is 0 Å². The lowest BCUT2D eigenvalue weighted by molar-refractivity contribution is -0.0632. The van der Waals surface area contributed by atoms with Crippen molar-refractivity contribution in [1.29, 1.82) is 0 Å². The highest BCUT2D eigenvalue weighted by Crippen LogP contribution is 2.67. The van der Waals surface area contributed by atoms with E-state index in [1.807, 2.05) is 18.2 Å². The number of aromatic hydroxyl groups is 1. The van der Waals surface area contributed by atoms with Crippen molar-refractivity contribution >= 4 is 16.6 Å². The van der Waals surface area contributed by atoms with E-state index in [1.54, 1.807) is 17.8 Å². The highest BCUT2D eigenvalue weighted by Gasteiger charge is 2.59. The Hall–Kier alpha value is -2.07. The summed E-state index contributed by atoms with van der Waals surface area (Å²) in [7, 11) is 0. The number of nitrogens with one attached hydrogen (secondary N) is 1. The molecule has 4 aliphatic rings. The van der Waals surface area contributed by atoms with Crippen molar-refractivity contribution in [1.82, 2.24) is 4.98 Å². The van der Waals surface area contributed by atoms with Crippen LogP contribution in [-0.2, 0) is 4.74 Å². The van der Waals surface area contributed by atoms with Crippen LogP contribution in [0.2, 0.25) is 0 Å². The third kappa shape index (κ3) is 5.51. The molecule has 4 nitrogen and oxygen atoms in total. The lowest BCUT2D eigenvalue weighted by Gasteiger charge is -2.58. The Morgan fingerprint density at radius 2 is 1.88 bits per heavy atom. The van der Waals surface area contributed by atoms with Crippen LogP contribution in [0.15, 0.2) is 42.1 Å². The number of allylic oxidation sites excluding steroid dienone is 1. The molecule has 3 fully saturated rings. The first-order valence-electron chi connectivity index (χ1n) is 17.3. The average Bonchev–Trinajstić information content (AvgIpc) is 3.33. The fraction of sp³-hybridized carbons (Fsp3) is 0.711. The maximum atomic E-state index is 10.1. The monoisotopic (exact) mass is 572 g/mol. The number of phenolic OH excluding ortho intramolecular Hbond substituents is 1. The maximum Gasteiger partial charge on any atom is 0.141 e. The fourth-order valence-corrected chi connectivity index (χ4v) is 10.5. The lowest BCUT2D eigenvalue weighted by atomic mass is 9.47. The van der Waals surface area contributed by atoms with Crippen molar-refractivity contribution in [3.05, 3.63) is 42.1 Å². The van der Waals surface area contributed by atoms with E-state index in [2.05, 4.69) is 51.0 Å². The second kappa shape index (κ2) is 12.1. The Kier molecular flexibility index (Phi) is 8.66. The number of fused-ring (bicyclic) bond motifs is 6. The fourth-order valence-electron chi connectivity index (χ4n) is 10.5. The van der Waals surface area contributed by atoms with Crippen LogP contribution in [0, 0.1) is 46.3 Å². The van der Waals surface area contributed by atoms with E-state index in [0.29, 0.717) is 29.1 Å². The molecule has 0 bridgehead atoms. The molecule has 4 aliphatic carbocycles. The Morgan fingerprint density at radius 3 is 2.71 bits per heavy atom. The van der Waals surface area contributed by atoms with Gasteiger partial charge < -0.3 is 15.2 Å². The summed E-state index contributed by atoms with van der Waals surface area (Å²) in [5, 5.41) is 14.6. The van der Waals surface area contributed by atoms with Gasteiger partial charge in [0.05, 0.1) is 12.7 Å². The van der Waals surface area contributed by atoms with Crippen LogP contribution in [0.4, 0.5) is 5.69 Å². The predicted octanol–water partition coefficient (Wildman–Crippen LogP) is 9.78. The third-order valence-corrected chi connectivity index (χ3v) is 12.8. The minimum absolute atomic E-state index is 0.225. The van der Waals surface area contributed by atoms with E-state index in [4.69, 9.17) is 4.74 Å². The van der Waals surface area contributed by atoms with Crippen molar-refractivity contribution < 1.29 is 9.84 Å². The van der Waals surface area contributed by atoms with E-state index in [-0.39, 0.29) is 5.75 Å². The summed E-state index contributed by atoms with van der Waals surface area (Å²) in [6, 6.07) is 7.57. The van der Waals surface area contributed by atoms with Crippen LogP contribution in [-0.4, -0.2) is 29.3 Å². The number of anilines is 1. The average molecular weight is 573 g/mol. The first-order chi connectivity index (χ1) is 20.2. The zero-order chi connectivity index (χ0) is 29.5. The topological polar surface area (TPSA) is 54.4 Å². The number of pyridine rings is 1. The summed E-state index contributed by atoms with van der Waals surface area (Å²) in [6.45, 7) is 14.1. The van der Waals surface area contributed by atoms with Gasteiger partial charge in [-0.2, -0.15) is 0 Å². The highest BCUT2D eigenvalue weighted by atomic mass is 16.5. The molecule has 3 saturated carbocycles. The quantitative estimate of drug-likeness (QED) is 0.169. The largest absolute Gasteiger partial charge is 0.506 e. The number of benzene rings is 1. The Morgan fingerprint density at radius 1 is 1.02 bits per heavy atom. The Balaban J connectivity index is 1.04. The molecule has 0 amide bonds. The van der Waals surface area contributed by atoms with Gasteiger partial charge in [-0.25, -0.2) is 0 Å². The molecule has 2 aromatic rings. The molecule has 0 radical (unpaired) electrons. The zero-order valence-electron chi connectivity index (χ0n) is 27.0. The molecular weight excluding hydrogens is 516 g/mol. The number of hydrogen-bond acceptors (Lipinski definition) is 4. The number of aromatic nitrogens is 1. The number of hydrogen-bond donors (Lipinski definition) is 2. The minimum atomic E-state index is 0.225. The van der Waals surface area contributed by atoms with E-state index in [1.165, 1.54) is 64.2 Å². The van der Waals surface area contributed by atoms with Crippen LogP contribution in [0.3, 0.4) is 0 Å². The van der Waals surface area contributed by atoms with Gasteiger partial charge in [-0.05, 0) is 122 Å². The molecule has 0 spiro atoms. The van der Waals surface area contributed by atoms with Crippen molar-refractivity contribution in [2.45, 2.75) is 111 Å². The molecule has 8 atom stereocenters. The molecule has 4 unspecified atom stereocenters. The highest BCUT2D eigenvalue weighted by molar-refractivity contribution is 5.94. The molecule has 0 saturated heterocycles. The maximum absolute atomic E-state index is 10.1. The predicted molar refractivity (Wildman–Crippen MR) is 175 cm³/mol. The standard InChI is InChI=1S/C38H56N2O2/c1-25(2)8-6-9-26(3)31-13-14-32-29-12-11-27-24-28(17-19-37(27,4)33(29)18-20-38(31,32)5)42-23-22-39-34-15-16-35(41)36-30(34)10-7-21-40-36/h7,10-11,15-16,21,25-26,28-29,31-33,39,41H,6,8-9,12-14,17-20,22-24H2,1-5H3/t26-,28+,29?,31?,32?,33?,37+,38-/m1/s1. The van der Waals surface area contributed by atoms with Crippen LogP contribution in [0.1, 0.15) is 105 Å². The van der Waals surface area contributed by atoms with Crippen molar-refractivity contribution in [2.24, 2.45) is 46.3 Å². The smallest absolute Gasteiger partial charge is 0.141 e. The first-order valence-corrected chi connectivity index (χ1v) is 17.3. The van der Waals surface area contributed by atoms with Crippen LogP contribution in [0.25, 0.3) is 10.9 Å². The summed E-state index contributed by atoms with van der Waals surface area (Å²) in [5.74, 6) is 5.56. The van der Waals surface area contributed by atoms with Gasteiger partial charge in [0.1, 0.15) is 11.3 Å². The lowest BCUT2D eigenvalue weighted by Crippen LogP contribution is -2.51. The number of rotatable bonds is 10. The molecule has 1 aromatic heterocycles. The Labute approximate surface area is 255 Å². The SMILES string of the molecule is CC(C)CCC[C@@H](C)C1CCC2C3CC=C4C[C@@H](OCCNc5ccc(O)c6ncccc56)CC[C@]4(C)C3CC[C@@]21C. The molecule has 230 valence electrons. The van der Waals surface area contributed by atoms with Gasteiger partial charge in [0.2, 0.25) is 0 Å². The second-order valence-corrected chi connectivity index (χ2v) is 15.5. The zero-order valence-corrected chi connectivity index (χ0v) is 27.0. The van der Waals surface area contributed by atoms with Crippen molar-refractivity contribution in [3.63, 3.8) is 0 Å². The molecule has 4 heteroatoms. The molecule has 1 heterocycles. The summed E-state index contributed by atoms with van der Waals surface area (Å²) in [5.41, 5.74) is 4.29. The molecule has 0 aliphatic heterocycles. The minimum Gasteiger partial charge on any atom is -0.506 e. The van der Waals surface area contributed by atoms with E-state index < -0.39 is 0 Å². The van der Waals surface area contributed by atoms with Gasteiger partial charge >= 0.3 is 0 Å². The van der Waals surface area contributed by atoms with Crippen molar-refractivity contribution in [2.75, 3.05) is 18.5 Å². The number of nitrogens with zero attached hydrogens (tertiary/aromatic N) is 1. The number of ether oxygens (including phenoxy) is 1. The van der Waals surface area contributed by atoms with Crippen molar-refractivity contribution in [3.8, 4) is 5.75 Å². The summed E-state index contributed by atoms with van der Waals surface area (Å²) in [6.07, 6.45) is 19.7. The second-order valence-electron chi connectivity index (χ2n) is 15.5. The van der Waals surface area contributed by atoms with E-state index in [9.17, 15) is 5.11 Å². The van der Waals surface area contributed by atoms with E-state index in [0.717, 1.165) is 59.5 Å². The normalized spacial score (nSPS) is 34.9. The molecular formula is C38H56N2O2. The van der Waals surface area contributed by atoms with Crippen LogP contribution >= 0.6 is 0 Å². The summed E-state index contributed by atoms with van der Waals surface area (Å²) < 4.78 is 6.47. The van der Waals surface area contributed by atoms with Gasteiger partial charge in [0.25, 0.3) is 0 Å². The molecule has 6 rings (SSSR count). The van der Waals surface area contributed by atoms with E-state index >= 15 is 0 Å². The Bertz CT molecular complexity index is 1270. The summed E-state index contributed by atoms with van der Waals surface area (Å²) in [4.78, 5) is 4.34. The molecule has 1 aromatic carbocycles. The molecule has 42 heavy (non-hydrogen) atoms.